The molecule has 0 aliphatic rings. The van der Waals surface area contributed by atoms with Crippen molar-refractivity contribution in [1.82, 2.24) is 0 Å². The third-order valence-electron chi connectivity index (χ3n) is 2.70. The molecule has 0 heteroatoms. The van der Waals surface area contributed by atoms with Crippen molar-refractivity contribution in [3.8, 4) is 11.8 Å². The summed E-state index contributed by atoms with van der Waals surface area (Å²) in [6, 6.07) is 18.6. The van der Waals surface area contributed by atoms with Crippen LogP contribution in [-0.4, -0.2) is 0 Å². The van der Waals surface area contributed by atoms with Crippen LogP contribution in [0.2, 0.25) is 0 Å². The first-order chi connectivity index (χ1) is 8.74. The average Bonchev–Trinajstić information content (AvgIpc) is 2.37. The third kappa shape index (κ3) is 3.79. The molecule has 0 atom stereocenters. The lowest BCUT2D eigenvalue weighted by Crippen LogP contribution is -1.93. The molecule has 0 aromatic heterocycles. The maximum Gasteiger partial charge on any atom is 0.0251 e. The zero-order chi connectivity index (χ0) is 12.8. The molecule has 90 valence electrons. The first-order valence-corrected chi connectivity index (χ1v) is 6.40. The van der Waals surface area contributed by atoms with Crippen LogP contribution in [0, 0.1) is 17.8 Å². The van der Waals surface area contributed by atoms with Crippen molar-refractivity contribution in [1.29, 1.82) is 0 Å². The highest BCUT2D eigenvalue weighted by Gasteiger charge is 1.97. The molecule has 0 amide bonds. The van der Waals surface area contributed by atoms with E-state index in [1.165, 1.54) is 5.56 Å². The molecule has 0 spiro atoms. The highest BCUT2D eigenvalue weighted by molar-refractivity contribution is 5.43. The summed E-state index contributed by atoms with van der Waals surface area (Å²) >= 11 is 0. The predicted molar refractivity (Wildman–Crippen MR) is 77.4 cm³/mol. The van der Waals surface area contributed by atoms with Gasteiger partial charge in [0.25, 0.3) is 0 Å². The molecule has 18 heavy (non-hydrogen) atoms. The molecule has 0 fully saturated rings. The van der Waals surface area contributed by atoms with E-state index < -0.39 is 0 Å². The van der Waals surface area contributed by atoms with E-state index in [9.17, 15) is 0 Å². The molecule has 2 aromatic rings. The van der Waals surface area contributed by atoms with Crippen LogP contribution in [0.4, 0.5) is 0 Å². The molecule has 2 aromatic carbocycles. The number of rotatable bonds is 2. The van der Waals surface area contributed by atoms with Crippen LogP contribution < -0.4 is 0 Å². The van der Waals surface area contributed by atoms with Crippen molar-refractivity contribution in [2.45, 2.75) is 20.3 Å². The summed E-state index contributed by atoms with van der Waals surface area (Å²) in [6.07, 6.45) is 1.11. The van der Waals surface area contributed by atoms with Crippen molar-refractivity contribution >= 4 is 0 Å². The van der Waals surface area contributed by atoms with Crippen LogP contribution in [0.15, 0.2) is 54.6 Å². The van der Waals surface area contributed by atoms with E-state index in [0.29, 0.717) is 5.92 Å². The van der Waals surface area contributed by atoms with Crippen LogP contribution in [0.3, 0.4) is 0 Å². The topological polar surface area (TPSA) is 0 Å². The molecule has 0 unspecified atom stereocenters. The summed E-state index contributed by atoms with van der Waals surface area (Å²) in [6.45, 7) is 4.48. The van der Waals surface area contributed by atoms with Gasteiger partial charge < -0.3 is 0 Å². The molecule has 0 saturated carbocycles. The van der Waals surface area contributed by atoms with Gasteiger partial charge in [-0.3, -0.25) is 0 Å². The fourth-order valence-electron chi connectivity index (χ4n) is 1.91. The van der Waals surface area contributed by atoms with Gasteiger partial charge in [0.15, 0.2) is 0 Å². The smallest absolute Gasteiger partial charge is 0.0251 e. The standard InChI is InChI=1S/C18H18/c1-15(2)13-18-10-6-9-17(14-18)12-11-16-7-4-3-5-8-16/h3-10,14-15H,13H2,1-2H3. The summed E-state index contributed by atoms with van der Waals surface area (Å²) in [4.78, 5) is 0. The fourth-order valence-corrected chi connectivity index (χ4v) is 1.91. The minimum Gasteiger partial charge on any atom is -0.0625 e. The zero-order valence-corrected chi connectivity index (χ0v) is 11.0. The molecule has 0 N–H and O–H groups in total. The molecule has 0 nitrogen and oxygen atoms in total. The Kier molecular flexibility index (Phi) is 4.20. The molecular weight excluding hydrogens is 216 g/mol. The van der Waals surface area contributed by atoms with Crippen LogP contribution in [0.25, 0.3) is 0 Å². The third-order valence-corrected chi connectivity index (χ3v) is 2.70. The SMILES string of the molecule is CC(C)Cc1cccc(C#Cc2ccccc2)c1. The number of benzene rings is 2. The van der Waals surface area contributed by atoms with E-state index in [4.69, 9.17) is 0 Å². The molecular formula is C18H18. The van der Waals surface area contributed by atoms with Gasteiger partial charge >= 0.3 is 0 Å². The Bertz CT molecular complexity index is 553. The monoisotopic (exact) mass is 234 g/mol. The van der Waals surface area contributed by atoms with Crippen LogP contribution >= 0.6 is 0 Å². The number of hydrogen-bond donors (Lipinski definition) is 0. The van der Waals surface area contributed by atoms with Gasteiger partial charge in [-0.05, 0) is 42.2 Å². The molecule has 0 bridgehead atoms. The second kappa shape index (κ2) is 6.07. The van der Waals surface area contributed by atoms with E-state index in [2.05, 4.69) is 50.0 Å². The summed E-state index contributed by atoms with van der Waals surface area (Å²) < 4.78 is 0. The normalized spacial score (nSPS) is 9.94. The minimum absolute atomic E-state index is 0.683. The quantitative estimate of drug-likeness (QED) is 0.680. The van der Waals surface area contributed by atoms with Gasteiger partial charge in [0.2, 0.25) is 0 Å². The van der Waals surface area contributed by atoms with E-state index in [1.807, 2.05) is 30.3 Å². The lowest BCUT2D eigenvalue weighted by atomic mass is 10.0. The Balaban J connectivity index is 2.17. The van der Waals surface area contributed by atoms with Gasteiger partial charge in [0.1, 0.15) is 0 Å². The highest BCUT2D eigenvalue weighted by Crippen LogP contribution is 2.10. The summed E-state index contributed by atoms with van der Waals surface area (Å²) in [5, 5.41) is 0. The van der Waals surface area contributed by atoms with Crippen LogP contribution in [0.5, 0.6) is 0 Å². The van der Waals surface area contributed by atoms with Crippen LogP contribution in [0.1, 0.15) is 30.5 Å². The largest absolute Gasteiger partial charge is 0.0625 e. The van der Waals surface area contributed by atoms with Gasteiger partial charge in [0, 0.05) is 11.1 Å². The van der Waals surface area contributed by atoms with Gasteiger partial charge in [-0.15, -0.1) is 0 Å². The Morgan fingerprint density at radius 1 is 0.833 bits per heavy atom. The minimum atomic E-state index is 0.683. The molecule has 0 saturated heterocycles. The van der Waals surface area contributed by atoms with Crippen molar-refractivity contribution < 1.29 is 0 Å². The van der Waals surface area contributed by atoms with Gasteiger partial charge in [0.05, 0.1) is 0 Å². The average molecular weight is 234 g/mol. The maximum atomic E-state index is 3.22. The van der Waals surface area contributed by atoms with Crippen molar-refractivity contribution in [2.75, 3.05) is 0 Å². The molecule has 0 aliphatic carbocycles. The maximum absolute atomic E-state index is 3.22. The van der Waals surface area contributed by atoms with Crippen LogP contribution in [-0.2, 0) is 6.42 Å². The van der Waals surface area contributed by atoms with Gasteiger partial charge in [-0.1, -0.05) is 56.0 Å². The van der Waals surface area contributed by atoms with Gasteiger partial charge in [-0.25, -0.2) is 0 Å². The van der Waals surface area contributed by atoms with E-state index in [1.54, 1.807) is 0 Å². The van der Waals surface area contributed by atoms with Crippen molar-refractivity contribution in [2.24, 2.45) is 5.92 Å². The Morgan fingerprint density at radius 2 is 1.50 bits per heavy atom. The number of hydrogen-bond acceptors (Lipinski definition) is 0. The van der Waals surface area contributed by atoms with E-state index >= 15 is 0 Å². The molecule has 0 aliphatic heterocycles. The molecule has 2 rings (SSSR count). The van der Waals surface area contributed by atoms with Crippen molar-refractivity contribution in [3.63, 3.8) is 0 Å². The summed E-state index contributed by atoms with van der Waals surface area (Å²) in [5.74, 6) is 7.10. The highest BCUT2D eigenvalue weighted by atomic mass is 14.0. The first-order valence-electron chi connectivity index (χ1n) is 6.40. The summed E-state index contributed by atoms with van der Waals surface area (Å²) in [5.41, 5.74) is 3.52. The lowest BCUT2D eigenvalue weighted by molar-refractivity contribution is 0.647. The second-order valence-electron chi connectivity index (χ2n) is 4.91. The Morgan fingerprint density at radius 3 is 2.22 bits per heavy atom. The second-order valence-corrected chi connectivity index (χ2v) is 4.91. The summed E-state index contributed by atoms with van der Waals surface area (Å²) in [7, 11) is 0. The fraction of sp³-hybridized carbons (Fsp3) is 0.222. The van der Waals surface area contributed by atoms with Crippen molar-refractivity contribution in [3.05, 3.63) is 71.3 Å². The predicted octanol–water partition coefficient (Wildman–Crippen LogP) is 4.28. The Labute approximate surface area is 110 Å². The van der Waals surface area contributed by atoms with E-state index in [0.717, 1.165) is 17.5 Å². The molecule has 0 heterocycles. The lowest BCUT2D eigenvalue weighted by Gasteiger charge is -2.04. The van der Waals surface area contributed by atoms with E-state index in [-0.39, 0.29) is 0 Å². The zero-order valence-electron chi connectivity index (χ0n) is 11.0. The molecule has 0 radical (unpaired) electrons. The van der Waals surface area contributed by atoms with Gasteiger partial charge in [-0.2, -0.15) is 0 Å². The first kappa shape index (κ1) is 12.5. The Hall–Kier alpha value is -2.00.